The minimum absolute atomic E-state index is 0.0416. The Morgan fingerprint density at radius 3 is 2.41 bits per heavy atom. The Morgan fingerprint density at radius 1 is 1.27 bits per heavy atom. The van der Waals surface area contributed by atoms with Crippen molar-refractivity contribution in [1.82, 2.24) is 0 Å². The lowest BCUT2D eigenvalue weighted by molar-refractivity contribution is -0.171. The van der Waals surface area contributed by atoms with Crippen molar-refractivity contribution in [2.75, 3.05) is 6.61 Å². The summed E-state index contributed by atoms with van der Waals surface area (Å²) in [6, 6.07) is 0. The zero-order valence-corrected chi connectivity index (χ0v) is 16.5. The third-order valence-electron chi connectivity index (χ3n) is 5.24. The summed E-state index contributed by atoms with van der Waals surface area (Å²) < 4.78 is 11.6. The molecule has 0 radical (unpaired) electrons. The normalized spacial score (nSPS) is 20.5. The fourth-order valence-corrected chi connectivity index (χ4v) is 3.62. The SMILES string of the molecule is CCCCCC[C@H](CO[Si](C)(C)C(C)(C)C)C[C@H]1CC(=O)O1. The molecule has 1 heterocycles. The molecule has 1 saturated heterocycles. The molecule has 0 spiro atoms. The monoisotopic (exact) mass is 328 g/mol. The Morgan fingerprint density at radius 2 is 1.91 bits per heavy atom. The second-order valence-corrected chi connectivity index (χ2v) is 13.1. The van der Waals surface area contributed by atoms with Gasteiger partial charge in [-0.2, -0.15) is 0 Å². The minimum atomic E-state index is -1.69. The fourth-order valence-electron chi connectivity index (χ4n) is 2.54. The predicted molar refractivity (Wildman–Crippen MR) is 94.5 cm³/mol. The van der Waals surface area contributed by atoms with E-state index in [1.807, 2.05) is 0 Å². The molecule has 0 aliphatic carbocycles. The summed E-state index contributed by atoms with van der Waals surface area (Å²) in [5.41, 5.74) is 0. The molecule has 1 fully saturated rings. The van der Waals surface area contributed by atoms with Gasteiger partial charge in [-0.25, -0.2) is 0 Å². The van der Waals surface area contributed by atoms with Crippen molar-refractivity contribution in [2.45, 2.75) is 96.9 Å². The maximum atomic E-state index is 11.0. The quantitative estimate of drug-likeness (QED) is 0.310. The summed E-state index contributed by atoms with van der Waals surface area (Å²) >= 11 is 0. The highest BCUT2D eigenvalue weighted by Crippen LogP contribution is 2.37. The van der Waals surface area contributed by atoms with Crippen LogP contribution in [-0.4, -0.2) is 27.0 Å². The van der Waals surface area contributed by atoms with Gasteiger partial charge in [0.1, 0.15) is 6.10 Å². The topological polar surface area (TPSA) is 35.5 Å². The van der Waals surface area contributed by atoms with Crippen LogP contribution >= 0.6 is 0 Å². The second-order valence-electron chi connectivity index (χ2n) is 8.34. The molecule has 0 aromatic heterocycles. The molecular weight excluding hydrogens is 292 g/mol. The third-order valence-corrected chi connectivity index (χ3v) is 9.74. The van der Waals surface area contributed by atoms with Crippen LogP contribution in [0.3, 0.4) is 0 Å². The van der Waals surface area contributed by atoms with Crippen LogP contribution < -0.4 is 0 Å². The van der Waals surface area contributed by atoms with Gasteiger partial charge in [0.2, 0.25) is 0 Å². The summed E-state index contributed by atoms with van der Waals surface area (Å²) in [5.74, 6) is 0.490. The Labute approximate surface area is 138 Å². The number of rotatable bonds is 10. The highest BCUT2D eigenvalue weighted by Gasteiger charge is 2.38. The average molecular weight is 329 g/mol. The van der Waals surface area contributed by atoms with Crippen molar-refractivity contribution in [1.29, 1.82) is 0 Å². The molecule has 0 aromatic rings. The molecule has 1 aliphatic rings. The maximum Gasteiger partial charge on any atom is 0.309 e. The molecule has 1 rings (SSSR count). The molecule has 0 aromatic carbocycles. The van der Waals surface area contributed by atoms with Gasteiger partial charge in [-0.15, -0.1) is 0 Å². The molecule has 0 unspecified atom stereocenters. The van der Waals surface area contributed by atoms with Crippen LogP contribution in [0.5, 0.6) is 0 Å². The van der Waals surface area contributed by atoms with Gasteiger partial charge in [0.05, 0.1) is 6.42 Å². The lowest BCUT2D eigenvalue weighted by atomic mass is 9.93. The summed E-state index contributed by atoms with van der Waals surface area (Å²) in [6.07, 6.45) is 8.07. The smallest absolute Gasteiger partial charge is 0.309 e. The van der Waals surface area contributed by atoms with E-state index in [1.54, 1.807) is 0 Å². The Kier molecular flexibility index (Phi) is 7.60. The van der Waals surface area contributed by atoms with E-state index in [1.165, 1.54) is 32.1 Å². The summed E-state index contributed by atoms with van der Waals surface area (Å²) in [5, 5.41) is 0.253. The molecule has 4 heteroatoms. The number of carbonyl (C=O) groups is 1. The first-order valence-electron chi connectivity index (χ1n) is 8.99. The largest absolute Gasteiger partial charge is 0.462 e. The number of esters is 1. The Hall–Kier alpha value is -0.353. The first kappa shape index (κ1) is 19.7. The maximum absolute atomic E-state index is 11.0. The third kappa shape index (κ3) is 6.41. The van der Waals surface area contributed by atoms with Crippen molar-refractivity contribution in [3.63, 3.8) is 0 Å². The molecule has 0 amide bonds. The number of ether oxygens (including phenoxy) is 1. The van der Waals surface area contributed by atoms with Crippen LogP contribution in [0.1, 0.15) is 72.6 Å². The fraction of sp³-hybridized carbons (Fsp3) is 0.944. The number of unbranched alkanes of at least 4 members (excludes halogenated alkanes) is 3. The van der Waals surface area contributed by atoms with Crippen LogP contribution in [0.2, 0.25) is 18.1 Å². The average Bonchev–Trinajstić information content (AvgIpc) is 2.37. The Bertz CT molecular complexity index is 339. The molecule has 0 N–H and O–H groups in total. The van der Waals surface area contributed by atoms with Crippen molar-refractivity contribution < 1.29 is 14.0 Å². The zero-order valence-electron chi connectivity index (χ0n) is 15.5. The van der Waals surface area contributed by atoms with Crippen molar-refractivity contribution in [2.24, 2.45) is 5.92 Å². The lowest BCUT2D eigenvalue weighted by Gasteiger charge is -2.38. The van der Waals surface area contributed by atoms with Crippen LogP contribution in [0.25, 0.3) is 0 Å². The zero-order chi connectivity index (χ0) is 16.8. The lowest BCUT2D eigenvalue weighted by Crippen LogP contribution is -2.42. The molecule has 130 valence electrons. The highest BCUT2D eigenvalue weighted by molar-refractivity contribution is 6.74. The second kappa shape index (κ2) is 8.49. The van der Waals surface area contributed by atoms with Gasteiger partial charge in [0, 0.05) is 6.61 Å². The summed E-state index contributed by atoms with van der Waals surface area (Å²) in [6.45, 7) is 14.5. The number of cyclic esters (lactones) is 1. The minimum Gasteiger partial charge on any atom is -0.462 e. The highest BCUT2D eigenvalue weighted by atomic mass is 28.4. The summed E-state index contributed by atoms with van der Waals surface area (Å²) in [4.78, 5) is 11.0. The van der Waals surface area contributed by atoms with Gasteiger partial charge in [-0.05, 0) is 36.9 Å². The van der Waals surface area contributed by atoms with Crippen molar-refractivity contribution in [3.8, 4) is 0 Å². The first-order valence-corrected chi connectivity index (χ1v) is 11.9. The summed E-state index contributed by atoms with van der Waals surface area (Å²) in [7, 11) is -1.69. The number of hydrogen-bond donors (Lipinski definition) is 0. The van der Waals surface area contributed by atoms with Crippen molar-refractivity contribution >= 4 is 14.3 Å². The molecule has 2 atom stereocenters. The predicted octanol–water partition coefficient (Wildman–Crippen LogP) is 5.30. The molecule has 0 saturated carbocycles. The number of hydrogen-bond acceptors (Lipinski definition) is 3. The van der Waals surface area contributed by atoms with E-state index in [4.69, 9.17) is 9.16 Å². The molecular formula is C18H36O3Si. The van der Waals surface area contributed by atoms with Gasteiger partial charge in [-0.1, -0.05) is 53.4 Å². The first-order chi connectivity index (χ1) is 10.2. The van der Waals surface area contributed by atoms with Gasteiger partial charge < -0.3 is 9.16 Å². The van der Waals surface area contributed by atoms with E-state index in [9.17, 15) is 4.79 Å². The van der Waals surface area contributed by atoms with E-state index in [0.29, 0.717) is 12.3 Å². The van der Waals surface area contributed by atoms with E-state index in [0.717, 1.165) is 13.0 Å². The Balaban J connectivity index is 2.44. The van der Waals surface area contributed by atoms with Crippen LogP contribution in [0.15, 0.2) is 0 Å². The van der Waals surface area contributed by atoms with Gasteiger partial charge in [-0.3, -0.25) is 4.79 Å². The van der Waals surface area contributed by atoms with Crippen molar-refractivity contribution in [3.05, 3.63) is 0 Å². The van der Waals surface area contributed by atoms with E-state index in [2.05, 4.69) is 40.8 Å². The molecule has 22 heavy (non-hydrogen) atoms. The van der Waals surface area contributed by atoms with Gasteiger partial charge in [0.15, 0.2) is 8.32 Å². The van der Waals surface area contributed by atoms with Crippen LogP contribution in [0, 0.1) is 5.92 Å². The molecule has 0 bridgehead atoms. The van der Waals surface area contributed by atoms with Gasteiger partial charge >= 0.3 is 5.97 Å². The van der Waals surface area contributed by atoms with Crippen LogP contribution in [0.4, 0.5) is 0 Å². The van der Waals surface area contributed by atoms with E-state index in [-0.39, 0.29) is 17.1 Å². The number of carbonyl (C=O) groups excluding carboxylic acids is 1. The molecule has 1 aliphatic heterocycles. The van der Waals surface area contributed by atoms with E-state index < -0.39 is 8.32 Å². The van der Waals surface area contributed by atoms with E-state index >= 15 is 0 Å². The van der Waals surface area contributed by atoms with Crippen LogP contribution in [-0.2, 0) is 14.0 Å². The standard InChI is InChI=1S/C18H36O3Si/c1-7-8-9-10-11-15(12-16-13-17(19)21-16)14-20-22(5,6)18(2,3)4/h15-16H,7-14H2,1-6H3/t15-,16-/m0/s1. The molecule has 3 nitrogen and oxygen atoms in total. The van der Waals surface area contributed by atoms with Gasteiger partial charge in [0.25, 0.3) is 0 Å².